The predicted octanol–water partition coefficient (Wildman–Crippen LogP) is 4.47. The molecule has 3 nitrogen and oxygen atoms in total. The first-order chi connectivity index (χ1) is 12.0. The van der Waals surface area contributed by atoms with E-state index in [9.17, 15) is 0 Å². The molecule has 0 unspecified atom stereocenters. The minimum atomic E-state index is 0.801. The average molecular weight is 374 g/mol. The molecule has 3 rings (SSSR count). The topological polar surface area (TPSA) is 18.5 Å². The van der Waals surface area contributed by atoms with Crippen LogP contribution in [0.25, 0.3) is 0 Å². The fourth-order valence-corrected chi connectivity index (χ4v) is 3.54. The van der Waals surface area contributed by atoms with Crippen LogP contribution in [0.2, 0.25) is 5.02 Å². The minimum Gasteiger partial charge on any atom is -0.346 e. The molecule has 0 radical (unpaired) electrons. The smallest absolute Gasteiger partial charge is 0.173 e. The lowest BCUT2D eigenvalue weighted by Crippen LogP contribution is -2.49. The molecule has 2 aromatic carbocycles. The van der Waals surface area contributed by atoms with E-state index in [1.807, 2.05) is 18.2 Å². The molecule has 0 atom stereocenters. The SMILES string of the molecule is Cc1ccc(NC(=S)N2CCN(Cc3cccc(Cl)c3)CC2)cc1C. The van der Waals surface area contributed by atoms with Gasteiger partial charge in [0.1, 0.15) is 0 Å². The largest absolute Gasteiger partial charge is 0.346 e. The van der Waals surface area contributed by atoms with Crippen molar-refractivity contribution in [3.05, 3.63) is 64.2 Å². The molecule has 2 aromatic rings. The van der Waals surface area contributed by atoms with Crippen LogP contribution in [-0.4, -0.2) is 41.1 Å². The van der Waals surface area contributed by atoms with Gasteiger partial charge in [-0.3, -0.25) is 4.90 Å². The monoisotopic (exact) mass is 373 g/mol. The molecule has 0 saturated carbocycles. The van der Waals surface area contributed by atoms with Gasteiger partial charge in [0.25, 0.3) is 0 Å². The lowest BCUT2D eigenvalue weighted by atomic mass is 10.1. The Morgan fingerprint density at radius 2 is 1.80 bits per heavy atom. The van der Waals surface area contributed by atoms with Crippen molar-refractivity contribution in [3.8, 4) is 0 Å². The molecule has 1 N–H and O–H groups in total. The number of hydrogen-bond acceptors (Lipinski definition) is 2. The lowest BCUT2D eigenvalue weighted by Gasteiger charge is -2.36. The highest BCUT2D eigenvalue weighted by Gasteiger charge is 2.19. The second kappa shape index (κ2) is 8.17. The van der Waals surface area contributed by atoms with Gasteiger partial charge in [0.15, 0.2) is 5.11 Å². The lowest BCUT2D eigenvalue weighted by molar-refractivity contribution is 0.177. The average Bonchev–Trinajstić information content (AvgIpc) is 2.59. The summed E-state index contributed by atoms with van der Waals surface area (Å²) in [6.45, 7) is 9.07. The molecular formula is C20H24ClN3S. The van der Waals surface area contributed by atoms with E-state index < -0.39 is 0 Å². The van der Waals surface area contributed by atoms with Crippen molar-refractivity contribution < 1.29 is 0 Å². The quantitative estimate of drug-likeness (QED) is 0.799. The number of hydrogen-bond donors (Lipinski definition) is 1. The van der Waals surface area contributed by atoms with E-state index in [2.05, 4.69) is 53.2 Å². The molecule has 0 aliphatic carbocycles. The Morgan fingerprint density at radius 3 is 2.48 bits per heavy atom. The van der Waals surface area contributed by atoms with Gasteiger partial charge in [-0.1, -0.05) is 29.8 Å². The van der Waals surface area contributed by atoms with Gasteiger partial charge in [-0.05, 0) is 67.0 Å². The summed E-state index contributed by atoms with van der Waals surface area (Å²) in [4.78, 5) is 4.69. The number of nitrogens with zero attached hydrogens (tertiary/aromatic N) is 2. The molecule has 0 aromatic heterocycles. The molecule has 5 heteroatoms. The van der Waals surface area contributed by atoms with Crippen LogP contribution in [0, 0.1) is 13.8 Å². The van der Waals surface area contributed by atoms with Gasteiger partial charge in [0, 0.05) is 43.4 Å². The summed E-state index contributed by atoms with van der Waals surface area (Å²) in [5.41, 5.74) is 4.90. The molecule has 1 heterocycles. The number of thiocarbonyl (C=S) groups is 1. The summed E-state index contributed by atoms with van der Waals surface area (Å²) in [5, 5.41) is 4.98. The standard InChI is InChI=1S/C20H24ClN3S/c1-15-6-7-19(12-16(15)2)22-20(25)24-10-8-23(9-11-24)14-17-4-3-5-18(21)13-17/h3-7,12-13H,8-11,14H2,1-2H3,(H,22,25). The fraction of sp³-hybridized carbons (Fsp3) is 0.350. The molecular weight excluding hydrogens is 350 g/mol. The number of benzene rings is 2. The Bertz CT molecular complexity index is 754. The van der Waals surface area contributed by atoms with E-state index in [0.717, 1.165) is 48.5 Å². The Morgan fingerprint density at radius 1 is 1.04 bits per heavy atom. The van der Waals surface area contributed by atoms with Gasteiger partial charge >= 0.3 is 0 Å². The van der Waals surface area contributed by atoms with Gasteiger partial charge in [0.05, 0.1) is 0 Å². The van der Waals surface area contributed by atoms with Gasteiger partial charge in [0.2, 0.25) is 0 Å². The molecule has 1 saturated heterocycles. The van der Waals surface area contributed by atoms with Crippen LogP contribution in [0.3, 0.4) is 0 Å². The van der Waals surface area contributed by atoms with Gasteiger partial charge < -0.3 is 10.2 Å². The zero-order valence-corrected chi connectivity index (χ0v) is 16.3. The van der Waals surface area contributed by atoms with Crippen LogP contribution in [0.5, 0.6) is 0 Å². The maximum atomic E-state index is 6.07. The summed E-state index contributed by atoms with van der Waals surface area (Å²) in [5.74, 6) is 0. The number of piperazine rings is 1. The van der Waals surface area contributed by atoms with E-state index in [-0.39, 0.29) is 0 Å². The van der Waals surface area contributed by atoms with E-state index in [1.165, 1.54) is 16.7 Å². The van der Waals surface area contributed by atoms with Crippen molar-refractivity contribution in [3.63, 3.8) is 0 Å². The van der Waals surface area contributed by atoms with Crippen LogP contribution in [0.15, 0.2) is 42.5 Å². The number of rotatable bonds is 3. The minimum absolute atomic E-state index is 0.801. The second-order valence-electron chi connectivity index (χ2n) is 6.62. The van der Waals surface area contributed by atoms with Crippen molar-refractivity contribution >= 4 is 34.6 Å². The Kier molecular flexibility index (Phi) is 5.94. The van der Waals surface area contributed by atoms with Crippen LogP contribution >= 0.6 is 23.8 Å². The maximum Gasteiger partial charge on any atom is 0.173 e. The van der Waals surface area contributed by atoms with Gasteiger partial charge in [-0.25, -0.2) is 0 Å². The number of aryl methyl sites for hydroxylation is 2. The predicted molar refractivity (Wildman–Crippen MR) is 110 cm³/mol. The first kappa shape index (κ1) is 18.2. The number of halogens is 1. The third kappa shape index (κ3) is 4.94. The first-order valence-electron chi connectivity index (χ1n) is 8.61. The normalized spacial score (nSPS) is 15.2. The summed E-state index contributed by atoms with van der Waals surface area (Å²) in [7, 11) is 0. The molecule has 132 valence electrons. The molecule has 1 fully saturated rings. The van der Waals surface area contributed by atoms with Crippen molar-refractivity contribution in [1.82, 2.24) is 9.80 Å². The molecule has 1 aliphatic rings. The molecule has 0 bridgehead atoms. The van der Waals surface area contributed by atoms with E-state index >= 15 is 0 Å². The Balaban J connectivity index is 1.51. The van der Waals surface area contributed by atoms with Crippen LogP contribution in [0.4, 0.5) is 5.69 Å². The molecule has 1 aliphatic heterocycles. The summed E-state index contributed by atoms with van der Waals surface area (Å²) < 4.78 is 0. The van der Waals surface area contributed by atoms with E-state index in [0.29, 0.717) is 0 Å². The van der Waals surface area contributed by atoms with Crippen LogP contribution in [0.1, 0.15) is 16.7 Å². The van der Waals surface area contributed by atoms with Crippen molar-refractivity contribution in [2.75, 3.05) is 31.5 Å². The highest BCUT2D eigenvalue weighted by atomic mass is 35.5. The van der Waals surface area contributed by atoms with E-state index in [1.54, 1.807) is 0 Å². The molecule has 25 heavy (non-hydrogen) atoms. The van der Waals surface area contributed by atoms with Crippen molar-refractivity contribution in [1.29, 1.82) is 0 Å². The Labute approximate surface area is 160 Å². The summed E-state index contributed by atoms with van der Waals surface area (Å²) >= 11 is 11.7. The second-order valence-corrected chi connectivity index (χ2v) is 7.45. The zero-order valence-electron chi connectivity index (χ0n) is 14.8. The van der Waals surface area contributed by atoms with Gasteiger partial charge in [-0.15, -0.1) is 0 Å². The Hall–Kier alpha value is -1.62. The van der Waals surface area contributed by atoms with Crippen LogP contribution < -0.4 is 5.32 Å². The highest BCUT2D eigenvalue weighted by molar-refractivity contribution is 7.80. The van der Waals surface area contributed by atoms with Crippen LogP contribution in [-0.2, 0) is 6.54 Å². The maximum absolute atomic E-state index is 6.07. The highest BCUT2D eigenvalue weighted by Crippen LogP contribution is 2.17. The molecule has 0 amide bonds. The number of nitrogens with one attached hydrogen (secondary N) is 1. The third-order valence-corrected chi connectivity index (χ3v) is 5.31. The summed E-state index contributed by atoms with van der Waals surface area (Å²) in [6, 6.07) is 14.5. The van der Waals surface area contributed by atoms with Gasteiger partial charge in [-0.2, -0.15) is 0 Å². The number of anilines is 1. The summed E-state index contributed by atoms with van der Waals surface area (Å²) in [6.07, 6.45) is 0. The first-order valence-corrected chi connectivity index (χ1v) is 9.40. The molecule has 0 spiro atoms. The fourth-order valence-electron chi connectivity index (χ4n) is 3.02. The van der Waals surface area contributed by atoms with E-state index in [4.69, 9.17) is 23.8 Å². The van der Waals surface area contributed by atoms with Crippen molar-refractivity contribution in [2.24, 2.45) is 0 Å². The third-order valence-electron chi connectivity index (χ3n) is 4.71. The zero-order chi connectivity index (χ0) is 17.8. The van der Waals surface area contributed by atoms with Crippen molar-refractivity contribution in [2.45, 2.75) is 20.4 Å².